The molecule has 78 valence electrons. The molecule has 13 heavy (non-hydrogen) atoms. The predicted molar refractivity (Wildman–Crippen MR) is 50.4 cm³/mol. The Morgan fingerprint density at radius 1 is 1.38 bits per heavy atom. The molecule has 0 aliphatic carbocycles. The molecule has 0 spiro atoms. The molecule has 0 fully saturated rings. The average molecular weight is 189 g/mol. The molecule has 0 radical (unpaired) electrons. The van der Waals surface area contributed by atoms with Crippen molar-refractivity contribution in [1.82, 2.24) is 5.32 Å². The Morgan fingerprint density at radius 2 is 1.85 bits per heavy atom. The monoisotopic (exact) mass is 189 g/mol. The van der Waals surface area contributed by atoms with Gasteiger partial charge in [0.1, 0.15) is 5.60 Å². The van der Waals surface area contributed by atoms with E-state index in [4.69, 9.17) is 4.74 Å². The maximum atomic E-state index is 11.3. The first-order valence-electron chi connectivity index (χ1n) is 4.23. The van der Waals surface area contributed by atoms with Crippen LogP contribution in [-0.4, -0.2) is 35.9 Å². The second kappa shape index (κ2) is 4.07. The van der Waals surface area contributed by atoms with Crippen LogP contribution in [0.25, 0.3) is 0 Å². The first-order valence-corrected chi connectivity index (χ1v) is 4.23. The summed E-state index contributed by atoms with van der Waals surface area (Å²) in [4.78, 5) is 11.3. The normalized spacial score (nSPS) is 12.8. The molecule has 0 saturated heterocycles. The third kappa shape index (κ3) is 4.85. The molecule has 0 aliphatic rings. The molecule has 0 unspecified atom stereocenters. The Morgan fingerprint density at radius 3 is 2.15 bits per heavy atom. The van der Waals surface area contributed by atoms with Crippen LogP contribution in [0.4, 0.5) is 0 Å². The lowest BCUT2D eigenvalue weighted by atomic mass is 10.0. The largest absolute Gasteiger partial charge is 0.382 e. The van der Waals surface area contributed by atoms with E-state index in [-0.39, 0.29) is 0 Å². The molecule has 0 aromatic heterocycles. The standard InChI is InChI=1S/C9H19NO3/c1-8(2,6-13-5)10-7(11)9(3,4)12/h12H,6H2,1-5H3,(H,10,11). The third-order valence-corrected chi connectivity index (χ3v) is 1.51. The Hall–Kier alpha value is -0.610. The molecule has 2 N–H and O–H groups in total. The molecule has 0 aliphatic heterocycles. The smallest absolute Gasteiger partial charge is 0.251 e. The average Bonchev–Trinajstić information content (AvgIpc) is 1.83. The fourth-order valence-electron chi connectivity index (χ4n) is 0.857. The zero-order valence-corrected chi connectivity index (χ0v) is 8.97. The van der Waals surface area contributed by atoms with Crippen LogP contribution in [0.3, 0.4) is 0 Å². The van der Waals surface area contributed by atoms with Gasteiger partial charge in [0.05, 0.1) is 12.1 Å². The fraction of sp³-hybridized carbons (Fsp3) is 0.889. The Balaban J connectivity index is 4.20. The van der Waals surface area contributed by atoms with Crippen LogP contribution in [0, 0.1) is 0 Å². The van der Waals surface area contributed by atoms with E-state index in [1.54, 1.807) is 7.11 Å². The van der Waals surface area contributed by atoms with Gasteiger partial charge in [0.25, 0.3) is 5.91 Å². The second-order valence-corrected chi connectivity index (χ2v) is 4.33. The maximum absolute atomic E-state index is 11.3. The number of rotatable bonds is 4. The van der Waals surface area contributed by atoms with Crippen LogP contribution < -0.4 is 5.32 Å². The third-order valence-electron chi connectivity index (χ3n) is 1.51. The number of aliphatic hydroxyl groups is 1. The highest BCUT2D eigenvalue weighted by atomic mass is 16.5. The van der Waals surface area contributed by atoms with Gasteiger partial charge in [0, 0.05) is 7.11 Å². The van der Waals surface area contributed by atoms with E-state index >= 15 is 0 Å². The lowest BCUT2D eigenvalue weighted by Crippen LogP contribution is -2.53. The van der Waals surface area contributed by atoms with Crippen molar-refractivity contribution in [3.63, 3.8) is 0 Å². The summed E-state index contributed by atoms with van der Waals surface area (Å²) in [5.41, 5.74) is -1.79. The lowest BCUT2D eigenvalue weighted by Gasteiger charge is -2.28. The van der Waals surface area contributed by atoms with E-state index in [2.05, 4.69) is 5.32 Å². The number of methoxy groups -OCH3 is 1. The highest BCUT2D eigenvalue weighted by Crippen LogP contribution is 2.07. The summed E-state index contributed by atoms with van der Waals surface area (Å²) < 4.78 is 4.92. The minimum absolute atomic E-state index is 0.394. The topological polar surface area (TPSA) is 58.6 Å². The van der Waals surface area contributed by atoms with Gasteiger partial charge in [-0.25, -0.2) is 0 Å². The van der Waals surface area contributed by atoms with E-state index in [0.717, 1.165) is 0 Å². The van der Waals surface area contributed by atoms with E-state index in [1.165, 1.54) is 13.8 Å². The summed E-state index contributed by atoms with van der Waals surface area (Å²) in [6, 6.07) is 0. The van der Waals surface area contributed by atoms with Crippen molar-refractivity contribution in [3.05, 3.63) is 0 Å². The first-order chi connectivity index (χ1) is 5.69. The molecule has 0 aromatic rings. The number of hydrogen-bond acceptors (Lipinski definition) is 3. The molecule has 0 heterocycles. The number of carbonyl (C=O) groups is 1. The predicted octanol–water partition coefficient (Wildman–Crippen LogP) is 0.299. The van der Waals surface area contributed by atoms with Crippen LogP contribution >= 0.6 is 0 Å². The zero-order chi connectivity index (χ0) is 10.7. The number of hydrogen-bond donors (Lipinski definition) is 2. The molecule has 0 saturated carbocycles. The lowest BCUT2D eigenvalue weighted by molar-refractivity contribution is -0.138. The maximum Gasteiger partial charge on any atom is 0.251 e. The molecule has 0 atom stereocenters. The van der Waals surface area contributed by atoms with Gasteiger partial charge in [-0.2, -0.15) is 0 Å². The summed E-state index contributed by atoms with van der Waals surface area (Å²) in [7, 11) is 1.57. The minimum Gasteiger partial charge on any atom is -0.382 e. The quantitative estimate of drug-likeness (QED) is 0.668. The number of ether oxygens (including phenoxy) is 1. The van der Waals surface area contributed by atoms with Gasteiger partial charge >= 0.3 is 0 Å². The van der Waals surface area contributed by atoms with Crippen LogP contribution in [-0.2, 0) is 9.53 Å². The van der Waals surface area contributed by atoms with Crippen LogP contribution in [0.1, 0.15) is 27.7 Å². The van der Waals surface area contributed by atoms with Gasteiger partial charge in [-0.3, -0.25) is 4.79 Å². The molecular formula is C9H19NO3. The summed E-state index contributed by atoms with van der Waals surface area (Å²) in [6.45, 7) is 6.98. The zero-order valence-electron chi connectivity index (χ0n) is 8.97. The second-order valence-electron chi connectivity index (χ2n) is 4.33. The summed E-state index contributed by atoms with van der Waals surface area (Å²) >= 11 is 0. The van der Waals surface area contributed by atoms with Crippen molar-refractivity contribution in [3.8, 4) is 0 Å². The Bertz CT molecular complexity index is 182. The van der Waals surface area contributed by atoms with Crippen molar-refractivity contribution >= 4 is 5.91 Å². The van der Waals surface area contributed by atoms with Gasteiger partial charge in [-0.1, -0.05) is 0 Å². The highest BCUT2D eigenvalue weighted by Gasteiger charge is 2.29. The van der Waals surface area contributed by atoms with Crippen LogP contribution in [0.15, 0.2) is 0 Å². The summed E-state index contributed by atoms with van der Waals surface area (Å²) in [6.07, 6.45) is 0. The fourth-order valence-corrected chi connectivity index (χ4v) is 0.857. The first kappa shape index (κ1) is 12.4. The van der Waals surface area contributed by atoms with E-state index in [1.807, 2.05) is 13.8 Å². The van der Waals surface area contributed by atoms with Crippen molar-refractivity contribution in [2.75, 3.05) is 13.7 Å². The van der Waals surface area contributed by atoms with E-state index in [0.29, 0.717) is 6.61 Å². The molecular weight excluding hydrogens is 170 g/mol. The van der Waals surface area contributed by atoms with Crippen LogP contribution in [0.5, 0.6) is 0 Å². The highest BCUT2D eigenvalue weighted by molar-refractivity contribution is 5.84. The van der Waals surface area contributed by atoms with Crippen LogP contribution in [0.2, 0.25) is 0 Å². The molecule has 4 nitrogen and oxygen atoms in total. The Labute approximate surface area is 79.3 Å². The van der Waals surface area contributed by atoms with Crippen molar-refractivity contribution in [1.29, 1.82) is 0 Å². The van der Waals surface area contributed by atoms with Gasteiger partial charge in [0.2, 0.25) is 0 Å². The van der Waals surface area contributed by atoms with Gasteiger partial charge in [0.15, 0.2) is 0 Å². The van der Waals surface area contributed by atoms with E-state index in [9.17, 15) is 9.90 Å². The minimum atomic E-state index is -1.34. The Kier molecular flexibility index (Phi) is 3.88. The molecule has 0 bridgehead atoms. The number of nitrogens with one attached hydrogen (secondary N) is 1. The van der Waals surface area contributed by atoms with Crippen molar-refractivity contribution in [2.24, 2.45) is 0 Å². The van der Waals surface area contributed by atoms with Crippen molar-refractivity contribution < 1.29 is 14.6 Å². The summed E-state index contributed by atoms with van der Waals surface area (Å²) in [5.74, 6) is -0.394. The molecule has 0 rings (SSSR count). The molecule has 1 amide bonds. The molecule has 4 heteroatoms. The van der Waals surface area contributed by atoms with Crippen molar-refractivity contribution in [2.45, 2.75) is 38.8 Å². The van der Waals surface area contributed by atoms with Gasteiger partial charge < -0.3 is 15.2 Å². The number of carbonyl (C=O) groups excluding carboxylic acids is 1. The summed E-state index contributed by atoms with van der Waals surface area (Å²) in [5, 5.41) is 12.0. The SMILES string of the molecule is COCC(C)(C)NC(=O)C(C)(C)O. The molecule has 0 aromatic carbocycles. The van der Waals surface area contributed by atoms with Gasteiger partial charge in [-0.15, -0.1) is 0 Å². The number of amides is 1. The van der Waals surface area contributed by atoms with E-state index < -0.39 is 17.0 Å². The van der Waals surface area contributed by atoms with Gasteiger partial charge in [-0.05, 0) is 27.7 Å².